The molecule has 7 nitrogen and oxygen atoms in total. The summed E-state index contributed by atoms with van der Waals surface area (Å²) in [6.07, 6.45) is 11.1. The first-order valence-corrected chi connectivity index (χ1v) is 10.5. The third-order valence-corrected chi connectivity index (χ3v) is 5.15. The van der Waals surface area contributed by atoms with Gasteiger partial charge in [0.2, 0.25) is 0 Å². The van der Waals surface area contributed by atoms with Gasteiger partial charge in [0.25, 0.3) is 0 Å². The van der Waals surface area contributed by atoms with Gasteiger partial charge in [0.15, 0.2) is 0 Å². The smallest absolute Gasteiger partial charge is 1.00 e. The predicted molar refractivity (Wildman–Crippen MR) is 81.9 cm³/mol. The van der Waals surface area contributed by atoms with Crippen molar-refractivity contribution in [3.05, 3.63) is 0 Å². The molecule has 0 spiro atoms. The molecule has 0 aliphatic heterocycles. The Kier molecular flexibility index (Phi) is 16.9. The summed E-state index contributed by atoms with van der Waals surface area (Å²) in [6, 6.07) is 0. The van der Waals surface area contributed by atoms with Crippen LogP contribution in [-0.4, -0.2) is 21.3 Å². The molecule has 0 radical (unpaired) electrons. The largest absolute Gasteiger partial charge is 1.00 e. The zero-order valence-corrected chi connectivity index (χ0v) is 17.4. The van der Waals surface area contributed by atoms with E-state index in [1.54, 1.807) is 0 Å². The van der Waals surface area contributed by atoms with Crippen molar-refractivity contribution in [2.45, 2.75) is 71.1 Å². The van der Waals surface area contributed by atoms with Crippen LogP contribution in [0.1, 0.15) is 72.6 Å². The number of unbranched alkanes of at least 4 members (excludes halogenated alkanes) is 9. The molecule has 0 aromatic rings. The molecule has 0 aliphatic carbocycles. The number of rotatable bonds is 14. The SMILES string of the molecule is CCCCCCCCCCCCOP(=O)(O)OP(=O)(O)O.[H-].[Na+]. The number of hydrogen-bond donors (Lipinski definition) is 3. The van der Waals surface area contributed by atoms with Crippen molar-refractivity contribution in [3.63, 3.8) is 0 Å². The molecule has 0 saturated carbocycles. The molecule has 0 fully saturated rings. The molecule has 0 aliphatic rings. The Hall–Kier alpha value is 1.26. The zero-order chi connectivity index (χ0) is 16.2. The van der Waals surface area contributed by atoms with Crippen molar-refractivity contribution >= 4 is 15.6 Å². The van der Waals surface area contributed by atoms with Crippen LogP contribution in [0.15, 0.2) is 0 Å². The molecule has 0 saturated heterocycles. The van der Waals surface area contributed by atoms with E-state index in [4.69, 9.17) is 14.7 Å². The summed E-state index contributed by atoms with van der Waals surface area (Å²) < 4.78 is 29.7. The van der Waals surface area contributed by atoms with Crippen LogP contribution in [0.25, 0.3) is 0 Å². The summed E-state index contributed by atoms with van der Waals surface area (Å²) in [4.78, 5) is 25.8. The number of phosphoric acid groups is 2. The minimum atomic E-state index is -5.01. The third-order valence-electron chi connectivity index (χ3n) is 2.96. The minimum Gasteiger partial charge on any atom is -1.00 e. The van der Waals surface area contributed by atoms with Crippen LogP contribution in [0.5, 0.6) is 0 Å². The van der Waals surface area contributed by atoms with Crippen molar-refractivity contribution < 1.29 is 63.6 Å². The van der Waals surface area contributed by atoms with Crippen LogP contribution >= 0.6 is 15.6 Å². The van der Waals surface area contributed by atoms with E-state index in [9.17, 15) is 9.13 Å². The molecular formula is C12H29NaO7P2. The second kappa shape index (κ2) is 14.6. The second-order valence-electron chi connectivity index (χ2n) is 5.06. The molecule has 10 heteroatoms. The van der Waals surface area contributed by atoms with Crippen molar-refractivity contribution in [1.82, 2.24) is 0 Å². The van der Waals surface area contributed by atoms with Crippen LogP contribution in [-0.2, 0) is 18.0 Å². The third kappa shape index (κ3) is 19.3. The maximum absolute atomic E-state index is 11.1. The Morgan fingerprint density at radius 3 is 1.64 bits per heavy atom. The number of phosphoric ester groups is 1. The fourth-order valence-electron chi connectivity index (χ4n) is 1.93. The first-order chi connectivity index (χ1) is 9.77. The molecule has 0 aromatic heterocycles. The van der Waals surface area contributed by atoms with E-state index >= 15 is 0 Å². The molecule has 3 N–H and O–H groups in total. The van der Waals surface area contributed by atoms with Gasteiger partial charge < -0.3 is 16.1 Å². The van der Waals surface area contributed by atoms with Gasteiger partial charge in [-0.05, 0) is 6.42 Å². The average Bonchev–Trinajstić information content (AvgIpc) is 2.33. The van der Waals surface area contributed by atoms with Crippen molar-refractivity contribution in [2.75, 3.05) is 6.61 Å². The zero-order valence-electron chi connectivity index (χ0n) is 14.6. The van der Waals surface area contributed by atoms with Crippen molar-refractivity contribution in [3.8, 4) is 0 Å². The Bertz CT molecular complexity index is 354. The summed E-state index contributed by atoms with van der Waals surface area (Å²) in [7, 11) is -9.66. The Labute approximate surface area is 156 Å². The Morgan fingerprint density at radius 2 is 1.23 bits per heavy atom. The van der Waals surface area contributed by atoms with Gasteiger partial charge in [-0.3, -0.25) is 4.52 Å². The molecule has 1 unspecified atom stereocenters. The molecule has 0 aromatic carbocycles. The van der Waals surface area contributed by atoms with Crippen molar-refractivity contribution in [2.24, 2.45) is 0 Å². The standard InChI is InChI=1S/C12H28O7P2.Na.H/c1-2-3-4-5-6-7-8-9-10-11-12-18-21(16,17)19-20(13,14)15;;/h2-12H2,1H3,(H,16,17)(H2,13,14,15);;/q;+1;-1. The van der Waals surface area contributed by atoms with E-state index in [2.05, 4.69) is 15.8 Å². The van der Waals surface area contributed by atoms with Gasteiger partial charge in [-0.1, -0.05) is 64.7 Å². The fraction of sp³-hybridized carbons (Fsp3) is 1.00. The molecule has 1 atom stereocenters. The maximum Gasteiger partial charge on any atom is 1.00 e. The van der Waals surface area contributed by atoms with Gasteiger partial charge in [0.05, 0.1) is 6.61 Å². The van der Waals surface area contributed by atoms with Gasteiger partial charge >= 0.3 is 45.2 Å². The van der Waals surface area contributed by atoms with Crippen LogP contribution < -0.4 is 29.6 Å². The van der Waals surface area contributed by atoms with Gasteiger partial charge in [0, 0.05) is 0 Å². The number of hydrogen-bond acceptors (Lipinski definition) is 4. The van der Waals surface area contributed by atoms with E-state index in [1.165, 1.54) is 38.5 Å². The molecule has 0 rings (SSSR count). The minimum absolute atomic E-state index is 0. The Morgan fingerprint density at radius 1 is 0.818 bits per heavy atom. The molecule has 130 valence electrons. The maximum atomic E-state index is 11.1. The summed E-state index contributed by atoms with van der Waals surface area (Å²) in [6.45, 7) is 2.14. The first kappa shape index (κ1) is 25.5. The Balaban J connectivity index is -0.00000200. The van der Waals surface area contributed by atoms with E-state index < -0.39 is 15.6 Å². The monoisotopic (exact) mass is 370 g/mol. The molecule has 0 heterocycles. The van der Waals surface area contributed by atoms with Gasteiger partial charge in [-0.15, -0.1) is 0 Å². The van der Waals surface area contributed by atoms with Crippen LogP contribution in [0.3, 0.4) is 0 Å². The topological polar surface area (TPSA) is 113 Å². The van der Waals surface area contributed by atoms with Crippen LogP contribution in [0, 0.1) is 0 Å². The predicted octanol–water partition coefficient (Wildman–Crippen LogP) is 1.25. The quantitative estimate of drug-likeness (QED) is 0.240. The van der Waals surface area contributed by atoms with E-state index in [-0.39, 0.29) is 37.6 Å². The molecule has 0 bridgehead atoms. The van der Waals surface area contributed by atoms with Gasteiger partial charge in [-0.2, -0.15) is 4.31 Å². The second-order valence-corrected chi connectivity index (χ2v) is 7.89. The van der Waals surface area contributed by atoms with Crippen LogP contribution in [0.4, 0.5) is 0 Å². The summed E-state index contributed by atoms with van der Waals surface area (Å²) in [5, 5.41) is 0. The summed E-state index contributed by atoms with van der Waals surface area (Å²) >= 11 is 0. The van der Waals surface area contributed by atoms with Crippen LogP contribution in [0.2, 0.25) is 0 Å². The average molecular weight is 370 g/mol. The van der Waals surface area contributed by atoms with Gasteiger partial charge in [0.1, 0.15) is 0 Å². The van der Waals surface area contributed by atoms with E-state index in [1.807, 2.05) is 0 Å². The first-order valence-electron chi connectivity index (χ1n) is 7.51. The van der Waals surface area contributed by atoms with Gasteiger partial charge in [-0.25, -0.2) is 9.13 Å². The summed E-state index contributed by atoms with van der Waals surface area (Å²) in [5.41, 5.74) is 0. The fourth-order valence-corrected chi connectivity index (χ4v) is 3.55. The summed E-state index contributed by atoms with van der Waals surface area (Å²) in [5.74, 6) is 0. The molecule has 0 amide bonds. The molecule has 22 heavy (non-hydrogen) atoms. The van der Waals surface area contributed by atoms with E-state index in [0.717, 1.165) is 19.3 Å². The normalized spacial score (nSPS) is 14.4. The van der Waals surface area contributed by atoms with E-state index in [0.29, 0.717) is 6.42 Å². The molecular weight excluding hydrogens is 341 g/mol. The van der Waals surface area contributed by atoms with Crippen molar-refractivity contribution in [1.29, 1.82) is 0 Å².